The monoisotopic (exact) mass is 492 g/mol. The molecule has 0 aliphatic rings. The lowest BCUT2D eigenvalue weighted by atomic mass is 10.3. The minimum Gasteiger partial charge on any atom is -0.482 e. The molecular formula is C22H21FN2O6S2. The van der Waals surface area contributed by atoms with Gasteiger partial charge in [-0.1, -0.05) is 6.07 Å². The van der Waals surface area contributed by atoms with Gasteiger partial charge in [-0.05, 0) is 66.9 Å². The number of thiophene rings is 1. The van der Waals surface area contributed by atoms with Crippen molar-refractivity contribution >= 4 is 44.6 Å². The Hall–Kier alpha value is -3.44. The van der Waals surface area contributed by atoms with Crippen molar-refractivity contribution in [1.82, 2.24) is 0 Å². The van der Waals surface area contributed by atoms with Gasteiger partial charge in [0.15, 0.2) is 12.7 Å². The Morgan fingerprint density at radius 1 is 1.09 bits per heavy atom. The van der Waals surface area contributed by atoms with Gasteiger partial charge in [-0.3, -0.25) is 9.10 Å². The van der Waals surface area contributed by atoms with Crippen LogP contribution in [0.4, 0.5) is 15.8 Å². The molecule has 0 fully saturated rings. The zero-order valence-electron chi connectivity index (χ0n) is 17.7. The minimum absolute atomic E-state index is 0.227. The molecule has 0 aliphatic heterocycles. The van der Waals surface area contributed by atoms with Gasteiger partial charge in [-0.15, -0.1) is 11.3 Å². The van der Waals surface area contributed by atoms with Crippen molar-refractivity contribution in [3.05, 3.63) is 71.9 Å². The van der Waals surface area contributed by atoms with E-state index in [4.69, 9.17) is 9.47 Å². The predicted molar refractivity (Wildman–Crippen MR) is 122 cm³/mol. The fraction of sp³-hybridized carbons (Fsp3) is 0.182. The Morgan fingerprint density at radius 3 is 2.36 bits per heavy atom. The lowest BCUT2D eigenvalue weighted by molar-refractivity contribution is -0.155. The number of amides is 1. The van der Waals surface area contributed by atoms with Gasteiger partial charge >= 0.3 is 5.97 Å². The van der Waals surface area contributed by atoms with E-state index in [9.17, 15) is 22.4 Å². The first-order valence-electron chi connectivity index (χ1n) is 9.68. The normalized spacial score (nSPS) is 12.0. The van der Waals surface area contributed by atoms with E-state index in [0.29, 0.717) is 17.1 Å². The first kappa shape index (κ1) is 24.2. The first-order valence-corrected chi connectivity index (χ1v) is 12.0. The van der Waals surface area contributed by atoms with Crippen LogP contribution in [0.2, 0.25) is 0 Å². The van der Waals surface area contributed by atoms with Gasteiger partial charge in [-0.2, -0.15) is 0 Å². The SMILES string of the molecule is CC(OC(=O)COc1ccc(N(C)S(=O)(=O)c2cccs2)cc1)C(=O)Nc1ccc(F)cc1. The highest BCUT2D eigenvalue weighted by atomic mass is 32.2. The summed E-state index contributed by atoms with van der Waals surface area (Å²) in [5.41, 5.74) is 0.788. The summed E-state index contributed by atoms with van der Waals surface area (Å²) in [5.74, 6) is -1.46. The Morgan fingerprint density at radius 2 is 1.76 bits per heavy atom. The maximum atomic E-state index is 12.9. The average Bonchev–Trinajstić information content (AvgIpc) is 3.35. The van der Waals surface area contributed by atoms with Gasteiger partial charge in [0.25, 0.3) is 15.9 Å². The second-order valence-electron chi connectivity index (χ2n) is 6.82. The molecular weight excluding hydrogens is 471 g/mol. The predicted octanol–water partition coefficient (Wildman–Crippen LogP) is 3.66. The van der Waals surface area contributed by atoms with Crippen LogP contribution in [0.3, 0.4) is 0 Å². The van der Waals surface area contributed by atoms with Crippen LogP contribution in [0.5, 0.6) is 5.75 Å². The zero-order valence-corrected chi connectivity index (χ0v) is 19.4. The van der Waals surface area contributed by atoms with E-state index < -0.39 is 40.4 Å². The molecule has 33 heavy (non-hydrogen) atoms. The van der Waals surface area contributed by atoms with E-state index in [2.05, 4.69) is 5.32 Å². The fourth-order valence-electron chi connectivity index (χ4n) is 2.64. The number of rotatable bonds is 9. The molecule has 3 aromatic rings. The second kappa shape index (κ2) is 10.5. The molecule has 3 rings (SSSR count). The van der Waals surface area contributed by atoms with Gasteiger partial charge in [0.05, 0.1) is 5.69 Å². The zero-order chi connectivity index (χ0) is 24.0. The summed E-state index contributed by atoms with van der Waals surface area (Å²) in [6.45, 7) is 0.951. The number of carbonyl (C=O) groups is 2. The molecule has 1 aromatic heterocycles. The Labute approximate surface area is 194 Å². The lowest BCUT2D eigenvalue weighted by Crippen LogP contribution is -2.31. The highest BCUT2D eigenvalue weighted by molar-refractivity contribution is 7.94. The molecule has 8 nitrogen and oxygen atoms in total. The van der Waals surface area contributed by atoms with Crippen molar-refractivity contribution < 1.29 is 31.9 Å². The summed E-state index contributed by atoms with van der Waals surface area (Å²) in [7, 11) is -2.21. The third kappa shape index (κ3) is 6.30. The number of anilines is 2. The number of hydrogen-bond donors (Lipinski definition) is 1. The molecule has 11 heteroatoms. The molecule has 1 N–H and O–H groups in total. The summed E-state index contributed by atoms with van der Waals surface area (Å²) < 4.78 is 49.9. The molecule has 0 bridgehead atoms. The summed E-state index contributed by atoms with van der Waals surface area (Å²) >= 11 is 1.13. The van der Waals surface area contributed by atoms with E-state index >= 15 is 0 Å². The van der Waals surface area contributed by atoms with E-state index in [0.717, 1.165) is 15.6 Å². The molecule has 0 spiro atoms. The van der Waals surface area contributed by atoms with Crippen molar-refractivity contribution in [2.45, 2.75) is 17.2 Å². The highest BCUT2D eigenvalue weighted by Gasteiger charge is 2.22. The van der Waals surface area contributed by atoms with Gasteiger partial charge in [0.1, 0.15) is 15.8 Å². The molecule has 0 saturated heterocycles. The van der Waals surface area contributed by atoms with Crippen molar-refractivity contribution in [2.75, 3.05) is 23.3 Å². The fourth-order valence-corrected chi connectivity index (χ4v) is 5.00. The Balaban J connectivity index is 1.50. The van der Waals surface area contributed by atoms with Crippen molar-refractivity contribution in [3.63, 3.8) is 0 Å². The van der Waals surface area contributed by atoms with Crippen molar-refractivity contribution in [3.8, 4) is 5.75 Å². The van der Waals surface area contributed by atoms with Crippen LogP contribution in [-0.2, 0) is 24.3 Å². The van der Waals surface area contributed by atoms with Crippen LogP contribution in [0, 0.1) is 5.82 Å². The number of halogens is 1. The van der Waals surface area contributed by atoms with Gasteiger partial charge in [-0.25, -0.2) is 17.6 Å². The minimum atomic E-state index is -3.65. The topological polar surface area (TPSA) is 102 Å². The highest BCUT2D eigenvalue weighted by Crippen LogP contribution is 2.26. The van der Waals surface area contributed by atoms with E-state index in [-0.39, 0.29) is 4.21 Å². The van der Waals surface area contributed by atoms with E-state index in [1.54, 1.807) is 23.6 Å². The van der Waals surface area contributed by atoms with E-state index in [1.165, 1.54) is 56.4 Å². The number of esters is 1. The van der Waals surface area contributed by atoms with Gasteiger partial charge < -0.3 is 14.8 Å². The number of nitrogens with one attached hydrogen (secondary N) is 1. The van der Waals surface area contributed by atoms with Crippen LogP contribution in [0.25, 0.3) is 0 Å². The third-order valence-corrected chi connectivity index (χ3v) is 7.61. The molecule has 1 atom stereocenters. The van der Waals surface area contributed by atoms with Gasteiger partial charge in [0.2, 0.25) is 0 Å². The molecule has 0 aliphatic carbocycles. The molecule has 174 valence electrons. The molecule has 1 amide bonds. The second-order valence-corrected chi connectivity index (χ2v) is 9.96. The smallest absolute Gasteiger partial charge is 0.344 e. The summed E-state index contributed by atoms with van der Waals surface area (Å²) in [5, 5.41) is 4.19. The Bertz CT molecular complexity index is 1200. The maximum Gasteiger partial charge on any atom is 0.344 e. The summed E-state index contributed by atoms with van der Waals surface area (Å²) in [6.07, 6.45) is -1.09. The number of carbonyl (C=O) groups excluding carboxylic acids is 2. The summed E-state index contributed by atoms with van der Waals surface area (Å²) in [4.78, 5) is 24.1. The van der Waals surface area contributed by atoms with Crippen LogP contribution in [-0.4, -0.2) is 40.1 Å². The molecule has 0 radical (unpaired) electrons. The molecule has 0 saturated carbocycles. The average molecular weight is 493 g/mol. The van der Waals surface area contributed by atoms with Crippen LogP contribution in [0.15, 0.2) is 70.3 Å². The van der Waals surface area contributed by atoms with Crippen LogP contribution in [0.1, 0.15) is 6.92 Å². The first-order chi connectivity index (χ1) is 15.7. The number of hydrogen-bond acceptors (Lipinski definition) is 7. The van der Waals surface area contributed by atoms with Gasteiger partial charge in [0, 0.05) is 12.7 Å². The lowest BCUT2D eigenvalue weighted by Gasteiger charge is -2.18. The largest absolute Gasteiger partial charge is 0.482 e. The third-order valence-electron chi connectivity index (χ3n) is 4.46. The molecule has 2 aromatic carbocycles. The van der Waals surface area contributed by atoms with Crippen LogP contribution >= 0.6 is 11.3 Å². The van der Waals surface area contributed by atoms with Crippen LogP contribution < -0.4 is 14.4 Å². The summed E-state index contributed by atoms with van der Waals surface area (Å²) in [6, 6.07) is 14.5. The van der Waals surface area contributed by atoms with E-state index in [1.807, 2.05) is 0 Å². The standard InChI is InChI=1S/C22H21FN2O6S2/c1-15(22(27)24-17-7-5-16(23)6-8-17)31-20(26)14-30-19-11-9-18(10-12-19)25(2)33(28,29)21-4-3-13-32-21/h3-13,15H,14H2,1-2H3,(H,24,27). The molecule has 1 unspecified atom stereocenters. The molecule has 1 heterocycles. The Kier molecular flexibility index (Phi) is 7.67. The number of benzene rings is 2. The quantitative estimate of drug-likeness (QED) is 0.458. The van der Waals surface area contributed by atoms with Crippen molar-refractivity contribution in [2.24, 2.45) is 0 Å². The van der Waals surface area contributed by atoms with Crippen molar-refractivity contribution in [1.29, 1.82) is 0 Å². The number of nitrogens with zero attached hydrogens (tertiary/aromatic N) is 1. The number of ether oxygens (including phenoxy) is 2. The maximum absolute atomic E-state index is 12.9. The number of sulfonamides is 1.